The fourth-order valence-corrected chi connectivity index (χ4v) is 2.45. The van der Waals surface area contributed by atoms with E-state index in [1.165, 1.54) is 6.20 Å². The number of nitrogens with zero attached hydrogens (tertiary/aromatic N) is 2. The number of carbonyl (C=O) groups is 1. The molecule has 1 aliphatic rings. The first-order chi connectivity index (χ1) is 11.5. The number of ether oxygens (including phenoxy) is 1. The first-order valence-electron chi connectivity index (χ1n) is 7.65. The van der Waals surface area contributed by atoms with E-state index in [2.05, 4.69) is 10.3 Å². The number of hydrogen-bond acceptors (Lipinski definition) is 4. The lowest BCUT2D eigenvalue weighted by Gasteiger charge is -2.32. The maximum absolute atomic E-state index is 13.2. The van der Waals surface area contributed by atoms with Crippen LogP contribution in [0.5, 0.6) is 5.75 Å². The zero-order chi connectivity index (χ0) is 17.0. The van der Waals surface area contributed by atoms with Crippen LogP contribution in [0, 0.1) is 0 Å². The molecule has 1 aromatic heterocycles. The van der Waals surface area contributed by atoms with E-state index >= 15 is 0 Å². The molecule has 1 aromatic carbocycles. The minimum atomic E-state index is -2.58. The highest BCUT2D eigenvalue weighted by Gasteiger charge is 2.34. The molecule has 2 aromatic rings. The molecule has 0 atom stereocenters. The van der Waals surface area contributed by atoms with Crippen molar-refractivity contribution in [1.29, 1.82) is 0 Å². The molecule has 126 valence electrons. The smallest absolute Gasteiger partial charge is 0.410 e. The standard InChI is InChI=1S/C17H17F2N3O2/c18-17(19)8-10-22(11-9-17)15-7-6-13(12-20-15)21-16(23)24-14-4-2-1-3-5-14/h1-7,12H,8-11H2,(H,21,23). The Morgan fingerprint density at radius 1 is 1.12 bits per heavy atom. The number of anilines is 2. The Hall–Kier alpha value is -2.70. The van der Waals surface area contributed by atoms with Gasteiger partial charge in [-0.2, -0.15) is 0 Å². The Kier molecular flexibility index (Phi) is 4.59. The predicted octanol–water partition coefficient (Wildman–Crippen LogP) is 3.93. The summed E-state index contributed by atoms with van der Waals surface area (Å²) in [6.45, 7) is 0.533. The van der Waals surface area contributed by atoms with Crippen LogP contribution in [-0.2, 0) is 0 Å². The second kappa shape index (κ2) is 6.82. The molecule has 24 heavy (non-hydrogen) atoms. The minimum absolute atomic E-state index is 0.169. The van der Waals surface area contributed by atoms with Crippen LogP contribution in [0.15, 0.2) is 48.7 Å². The number of halogens is 2. The van der Waals surface area contributed by atoms with Crippen LogP contribution >= 0.6 is 0 Å². The molecule has 0 unspecified atom stereocenters. The number of benzene rings is 1. The fraction of sp³-hybridized carbons (Fsp3) is 0.294. The molecule has 0 bridgehead atoms. The maximum atomic E-state index is 13.2. The van der Waals surface area contributed by atoms with Crippen LogP contribution in [0.2, 0.25) is 0 Å². The van der Waals surface area contributed by atoms with Crippen molar-refractivity contribution in [1.82, 2.24) is 4.98 Å². The monoisotopic (exact) mass is 333 g/mol. The van der Waals surface area contributed by atoms with Gasteiger partial charge in [0, 0.05) is 25.9 Å². The summed E-state index contributed by atoms with van der Waals surface area (Å²) in [5.74, 6) is -1.53. The Morgan fingerprint density at radius 2 is 1.83 bits per heavy atom. The van der Waals surface area contributed by atoms with E-state index in [0.717, 1.165) is 0 Å². The van der Waals surface area contributed by atoms with Gasteiger partial charge in [0.2, 0.25) is 0 Å². The summed E-state index contributed by atoms with van der Waals surface area (Å²) in [5.41, 5.74) is 0.474. The van der Waals surface area contributed by atoms with Crippen molar-refractivity contribution in [3.05, 3.63) is 48.7 Å². The van der Waals surface area contributed by atoms with Crippen LogP contribution in [-0.4, -0.2) is 30.1 Å². The molecule has 1 saturated heterocycles. The first-order valence-corrected chi connectivity index (χ1v) is 7.65. The van der Waals surface area contributed by atoms with Gasteiger partial charge < -0.3 is 9.64 Å². The molecule has 3 rings (SSSR count). The lowest BCUT2D eigenvalue weighted by molar-refractivity contribution is -0.0221. The van der Waals surface area contributed by atoms with E-state index in [4.69, 9.17) is 4.74 Å². The van der Waals surface area contributed by atoms with E-state index in [1.807, 2.05) is 11.0 Å². The van der Waals surface area contributed by atoms with E-state index in [-0.39, 0.29) is 25.9 Å². The molecule has 0 spiro atoms. The van der Waals surface area contributed by atoms with Gasteiger partial charge in [0.1, 0.15) is 11.6 Å². The highest BCUT2D eigenvalue weighted by Crippen LogP contribution is 2.29. The molecule has 1 amide bonds. The lowest BCUT2D eigenvalue weighted by atomic mass is 10.1. The molecule has 5 nitrogen and oxygen atoms in total. The van der Waals surface area contributed by atoms with Crippen LogP contribution in [0.3, 0.4) is 0 Å². The molecule has 2 heterocycles. The number of alkyl halides is 2. The second-order valence-corrected chi connectivity index (χ2v) is 5.58. The average Bonchev–Trinajstić information content (AvgIpc) is 2.56. The number of nitrogens with one attached hydrogen (secondary N) is 1. The zero-order valence-corrected chi connectivity index (χ0v) is 12.9. The normalized spacial score (nSPS) is 16.5. The number of rotatable bonds is 3. The van der Waals surface area contributed by atoms with Gasteiger partial charge in [0.25, 0.3) is 5.92 Å². The summed E-state index contributed by atoms with van der Waals surface area (Å²) in [5, 5.41) is 2.57. The third kappa shape index (κ3) is 4.18. The Labute approximate surface area is 138 Å². The number of para-hydroxylation sites is 1. The number of hydrogen-bond donors (Lipinski definition) is 1. The van der Waals surface area contributed by atoms with Crippen LogP contribution < -0.4 is 15.0 Å². The van der Waals surface area contributed by atoms with Gasteiger partial charge in [-0.1, -0.05) is 18.2 Å². The Bertz CT molecular complexity index is 683. The van der Waals surface area contributed by atoms with E-state index < -0.39 is 12.0 Å². The Morgan fingerprint density at radius 3 is 2.46 bits per heavy atom. The highest BCUT2D eigenvalue weighted by molar-refractivity contribution is 5.86. The molecule has 1 N–H and O–H groups in total. The highest BCUT2D eigenvalue weighted by atomic mass is 19.3. The summed E-state index contributed by atoms with van der Waals surface area (Å²) in [7, 11) is 0. The fourth-order valence-electron chi connectivity index (χ4n) is 2.45. The van der Waals surface area contributed by atoms with Crippen molar-refractivity contribution in [3.63, 3.8) is 0 Å². The van der Waals surface area contributed by atoms with E-state index in [1.54, 1.807) is 36.4 Å². The number of amides is 1. The van der Waals surface area contributed by atoms with Gasteiger partial charge >= 0.3 is 6.09 Å². The van der Waals surface area contributed by atoms with Crippen molar-refractivity contribution in [2.45, 2.75) is 18.8 Å². The summed E-state index contributed by atoms with van der Waals surface area (Å²) >= 11 is 0. The van der Waals surface area contributed by atoms with Crippen molar-refractivity contribution in [3.8, 4) is 5.75 Å². The average molecular weight is 333 g/mol. The second-order valence-electron chi connectivity index (χ2n) is 5.58. The molecule has 1 fully saturated rings. The number of pyridine rings is 1. The summed E-state index contributed by atoms with van der Waals surface area (Å²) in [6, 6.07) is 12.1. The van der Waals surface area contributed by atoms with Gasteiger partial charge in [-0.3, -0.25) is 5.32 Å². The molecule has 0 radical (unpaired) electrons. The Balaban J connectivity index is 1.56. The lowest BCUT2D eigenvalue weighted by Crippen LogP contribution is -2.39. The van der Waals surface area contributed by atoms with Gasteiger partial charge in [0.15, 0.2) is 0 Å². The maximum Gasteiger partial charge on any atom is 0.417 e. The molecule has 0 aliphatic carbocycles. The topological polar surface area (TPSA) is 54.5 Å². The molecular formula is C17H17F2N3O2. The molecular weight excluding hydrogens is 316 g/mol. The quantitative estimate of drug-likeness (QED) is 0.925. The molecule has 0 saturated carbocycles. The van der Waals surface area contributed by atoms with Gasteiger partial charge in [-0.15, -0.1) is 0 Å². The van der Waals surface area contributed by atoms with Gasteiger partial charge in [-0.25, -0.2) is 18.6 Å². The van der Waals surface area contributed by atoms with Crippen LogP contribution in [0.25, 0.3) is 0 Å². The summed E-state index contributed by atoms with van der Waals surface area (Å²) in [6.07, 6.45) is 0.526. The van der Waals surface area contributed by atoms with Gasteiger partial charge in [0.05, 0.1) is 11.9 Å². The van der Waals surface area contributed by atoms with E-state index in [0.29, 0.717) is 17.3 Å². The van der Waals surface area contributed by atoms with Crippen molar-refractivity contribution in [2.75, 3.05) is 23.3 Å². The van der Waals surface area contributed by atoms with Crippen molar-refractivity contribution >= 4 is 17.6 Å². The molecule has 7 heteroatoms. The van der Waals surface area contributed by atoms with Crippen LogP contribution in [0.4, 0.5) is 25.1 Å². The number of carbonyl (C=O) groups excluding carboxylic acids is 1. The third-order valence-electron chi connectivity index (χ3n) is 3.77. The zero-order valence-electron chi connectivity index (χ0n) is 12.9. The number of aromatic nitrogens is 1. The van der Waals surface area contributed by atoms with Crippen molar-refractivity contribution < 1.29 is 18.3 Å². The number of piperidine rings is 1. The van der Waals surface area contributed by atoms with E-state index in [9.17, 15) is 13.6 Å². The van der Waals surface area contributed by atoms with Crippen molar-refractivity contribution in [2.24, 2.45) is 0 Å². The summed E-state index contributed by atoms with van der Waals surface area (Å²) in [4.78, 5) is 17.8. The predicted molar refractivity (Wildman–Crippen MR) is 86.7 cm³/mol. The molecule has 1 aliphatic heterocycles. The van der Waals surface area contributed by atoms with Crippen LogP contribution in [0.1, 0.15) is 12.8 Å². The SMILES string of the molecule is O=C(Nc1ccc(N2CCC(F)(F)CC2)nc1)Oc1ccccc1. The summed E-state index contributed by atoms with van der Waals surface area (Å²) < 4.78 is 31.5. The van der Waals surface area contributed by atoms with Gasteiger partial charge in [-0.05, 0) is 24.3 Å². The third-order valence-corrected chi connectivity index (χ3v) is 3.77. The largest absolute Gasteiger partial charge is 0.417 e. The minimum Gasteiger partial charge on any atom is -0.410 e. The first kappa shape index (κ1) is 16.2.